The molecule has 1 atom stereocenters. The van der Waals surface area contributed by atoms with Gasteiger partial charge in [0.25, 0.3) is 5.69 Å². The molecule has 3 aromatic rings. The number of hydrogen-bond donors (Lipinski definition) is 2. The van der Waals surface area contributed by atoms with E-state index in [2.05, 4.69) is 10.3 Å². The molecule has 0 radical (unpaired) electrons. The van der Waals surface area contributed by atoms with Crippen LogP contribution in [-0.4, -0.2) is 39.6 Å². The maximum absolute atomic E-state index is 12.0. The lowest BCUT2D eigenvalue weighted by molar-refractivity contribution is -0.384. The first-order valence-electron chi connectivity index (χ1n) is 9.80. The number of pyridine rings is 1. The smallest absolute Gasteiger partial charge is 0.450 e. The number of nitrogens with zero attached hydrogens (tertiary/aromatic N) is 2. The summed E-state index contributed by atoms with van der Waals surface area (Å²) in [6.07, 6.45) is -1.40. The molecule has 0 bridgehead atoms. The van der Waals surface area contributed by atoms with Gasteiger partial charge < -0.3 is 14.6 Å². The molecule has 12 heteroatoms. The Hall–Kier alpha value is -3.77. The van der Waals surface area contributed by atoms with Crippen LogP contribution in [0.2, 0.25) is 0 Å². The van der Waals surface area contributed by atoms with Gasteiger partial charge in [-0.15, -0.1) is 0 Å². The van der Waals surface area contributed by atoms with Gasteiger partial charge in [-0.25, -0.2) is 14.6 Å². The lowest BCUT2D eigenvalue weighted by Crippen LogP contribution is -2.15. The number of amides is 1. The molecule has 0 saturated carbocycles. The molecular weight excluding hydrogens is 482 g/mol. The SMILES string of the molecule is O=C(O)OC(c1ccc(NC(=O)OCCSSc2ccccn2)cc1)c1ccc([N+](=O)[O-])cc1. The third kappa shape index (κ3) is 7.67. The Bertz CT molecular complexity index is 1110. The largest absolute Gasteiger partial charge is 0.506 e. The predicted molar refractivity (Wildman–Crippen MR) is 128 cm³/mol. The number of hydrogen-bond acceptors (Lipinski definition) is 9. The average molecular weight is 502 g/mol. The van der Waals surface area contributed by atoms with Crippen LogP contribution in [0.3, 0.4) is 0 Å². The molecule has 2 aromatic carbocycles. The molecule has 2 N–H and O–H groups in total. The summed E-state index contributed by atoms with van der Waals surface area (Å²) in [7, 11) is 3.01. The molecule has 0 aliphatic heterocycles. The number of carboxylic acid groups (broad SMARTS) is 1. The van der Waals surface area contributed by atoms with Crippen molar-refractivity contribution < 1.29 is 29.1 Å². The number of nitrogens with one attached hydrogen (secondary N) is 1. The Labute approximate surface area is 202 Å². The second kappa shape index (κ2) is 12.5. The number of nitro benzene ring substituents is 1. The summed E-state index contributed by atoms with van der Waals surface area (Å²) in [5, 5.41) is 23.4. The number of benzene rings is 2. The maximum atomic E-state index is 12.0. The Balaban J connectivity index is 1.52. The van der Waals surface area contributed by atoms with Gasteiger partial charge in [-0.3, -0.25) is 15.4 Å². The highest BCUT2D eigenvalue weighted by molar-refractivity contribution is 8.76. The zero-order valence-corrected chi connectivity index (χ0v) is 19.2. The van der Waals surface area contributed by atoms with Gasteiger partial charge in [0.05, 0.1) is 4.92 Å². The van der Waals surface area contributed by atoms with Gasteiger partial charge in [0.2, 0.25) is 0 Å². The minimum absolute atomic E-state index is 0.121. The third-order valence-corrected chi connectivity index (χ3v) is 6.50. The van der Waals surface area contributed by atoms with E-state index in [9.17, 15) is 19.7 Å². The fraction of sp³-hybridized carbons (Fsp3) is 0.136. The van der Waals surface area contributed by atoms with Crippen molar-refractivity contribution >= 4 is 45.2 Å². The summed E-state index contributed by atoms with van der Waals surface area (Å²) in [5.74, 6) is 0.580. The van der Waals surface area contributed by atoms with E-state index in [1.807, 2.05) is 18.2 Å². The van der Waals surface area contributed by atoms with Crippen molar-refractivity contribution in [2.75, 3.05) is 17.7 Å². The summed E-state index contributed by atoms with van der Waals surface area (Å²) in [5.41, 5.74) is 1.24. The van der Waals surface area contributed by atoms with Crippen LogP contribution in [-0.2, 0) is 9.47 Å². The minimum atomic E-state index is -1.49. The zero-order valence-electron chi connectivity index (χ0n) is 17.5. The number of aromatic nitrogens is 1. The summed E-state index contributed by atoms with van der Waals surface area (Å²) in [6, 6.07) is 17.4. The molecule has 1 aromatic heterocycles. The first-order valence-corrected chi connectivity index (χ1v) is 12.1. The molecule has 10 nitrogen and oxygen atoms in total. The number of carbonyl (C=O) groups is 2. The van der Waals surface area contributed by atoms with Crippen molar-refractivity contribution in [1.82, 2.24) is 4.98 Å². The van der Waals surface area contributed by atoms with E-state index in [1.165, 1.54) is 45.9 Å². The first kappa shape index (κ1) is 24.9. The van der Waals surface area contributed by atoms with Gasteiger partial charge >= 0.3 is 12.2 Å². The highest BCUT2D eigenvalue weighted by atomic mass is 33.1. The van der Waals surface area contributed by atoms with E-state index in [4.69, 9.17) is 14.6 Å². The Morgan fingerprint density at radius 1 is 1.06 bits per heavy atom. The van der Waals surface area contributed by atoms with Gasteiger partial charge in [-0.05, 0) is 58.3 Å². The Morgan fingerprint density at radius 3 is 2.32 bits per heavy atom. The molecule has 0 aliphatic carbocycles. The standard InChI is InChI=1S/C22H19N3O7S2/c26-21(31-13-14-33-34-19-3-1-2-12-23-19)24-17-8-4-15(5-9-17)20(32-22(27)28)16-6-10-18(11-7-16)25(29)30/h1-12,20H,13-14H2,(H,24,26)(H,27,28). The number of rotatable bonds is 10. The van der Waals surface area contributed by atoms with E-state index in [-0.39, 0.29) is 12.3 Å². The van der Waals surface area contributed by atoms with E-state index in [1.54, 1.807) is 30.5 Å². The van der Waals surface area contributed by atoms with Crippen molar-refractivity contribution in [3.05, 3.63) is 94.2 Å². The van der Waals surface area contributed by atoms with Crippen LogP contribution in [0.4, 0.5) is 21.0 Å². The van der Waals surface area contributed by atoms with E-state index >= 15 is 0 Å². The predicted octanol–water partition coefficient (Wildman–Crippen LogP) is 5.76. The number of carbonyl (C=O) groups excluding carboxylic acids is 1. The Morgan fingerprint density at radius 2 is 1.74 bits per heavy atom. The monoisotopic (exact) mass is 501 g/mol. The highest BCUT2D eigenvalue weighted by Gasteiger charge is 2.20. The van der Waals surface area contributed by atoms with Gasteiger partial charge in [0, 0.05) is 29.8 Å². The quantitative estimate of drug-likeness (QED) is 0.116. The van der Waals surface area contributed by atoms with Crippen molar-refractivity contribution in [2.45, 2.75) is 11.1 Å². The number of non-ortho nitro benzene ring substituents is 1. The molecule has 3 rings (SSSR count). The summed E-state index contributed by atoms with van der Waals surface area (Å²) < 4.78 is 10.1. The molecule has 1 amide bonds. The van der Waals surface area contributed by atoms with Crippen LogP contribution in [0.25, 0.3) is 0 Å². The molecule has 1 heterocycles. The second-order valence-electron chi connectivity index (χ2n) is 6.57. The van der Waals surface area contributed by atoms with E-state index < -0.39 is 23.3 Å². The van der Waals surface area contributed by atoms with E-state index in [0.717, 1.165) is 5.03 Å². The lowest BCUT2D eigenvalue weighted by atomic mass is 10.0. The van der Waals surface area contributed by atoms with Crippen molar-refractivity contribution in [3.63, 3.8) is 0 Å². The molecule has 0 fully saturated rings. The molecule has 0 spiro atoms. The van der Waals surface area contributed by atoms with Gasteiger partial charge in [0.15, 0.2) is 6.10 Å². The molecule has 176 valence electrons. The fourth-order valence-corrected chi connectivity index (χ4v) is 4.47. The molecule has 1 unspecified atom stereocenters. The fourth-order valence-electron chi connectivity index (χ4n) is 2.76. The minimum Gasteiger partial charge on any atom is -0.450 e. The summed E-state index contributed by atoms with van der Waals surface area (Å²) in [4.78, 5) is 37.6. The van der Waals surface area contributed by atoms with Crippen LogP contribution in [0.5, 0.6) is 0 Å². The average Bonchev–Trinajstić information content (AvgIpc) is 2.83. The number of ether oxygens (including phenoxy) is 2. The molecular formula is C22H19N3O7S2. The number of nitro groups is 1. The van der Waals surface area contributed by atoms with Crippen molar-refractivity contribution in [2.24, 2.45) is 0 Å². The summed E-state index contributed by atoms with van der Waals surface area (Å²) >= 11 is 0. The molecule has 0 saturated heterocycles. The van der Waals surface area contributed by atoms with Crippen LogP contribution in [0.1, 0.15) is 17.2 Å². The normalized spacial score (nSPS) is 11.3. The first-order chi connectivity index (χ1) is 16.4. The van der Waals surface area contributed by atoms with Crippen LogP contribution in [0.15, 0.2) is 78.0 Å². The van der Waals surface area contributed by atoms with Crippen LogP contribution < -0.4 is 5.32 Å². The lowest BCUT2D eigenvalue weighted by Gasteiger charge is -2.17. The topological polar surface area (TPSA) is 141 Å². The van der Waals surface area contributed by atoms with Crippen LogP contribution >= 0.6 is 21.6 Å². The van der Waals surface area contributed by atoms with E-state index in [0.29, 0.717) is 22.6 Å². The van der Waals surface area contributed by atoms with Gasteiger partial charge in [-0.2, -0.15) is 0 Å². The van der Waals surface area contributed by atoms with Crippen LogP contribution in [0, 0.1) is 10.1 Å². The van der Waals surface area contributed by atoms with Crippen molar-refractivity contribution in [3.8, 4) is 0 Å². The second-order valence-corrected chi connectivity index (χ2v) is 9.00. The Kier molecular flexibility index (Phi) is 9.12. The highest BCUT2D eigenvalue weighted by Crippen LogP contribution is 2.29. The summed E-state index contributed by atoms with van der Waals surface area (Å²) in [6.45, 7) is 0.211. The van der Waals surface area contributed by atoms with Crippen molar-refractivity contribution in [1.29, 1.82) is 0 Å². The molecule has 0 aliphatic rings. The van der Waals surface area contributed by atoms with Gasteiger partial charge in [0.1, 0.15) is 11.6 Å². The molecule has 34 heavy (non-hydrogen) atoms. The van der Waals surface area contributed by atoms with Gasteiger partial charge in [-0.1, -0.05) is 29.0 Å². The number of anilines is 1. The third-order valence-electron chi connectivity index (χ3n) is 4.27. The zero-order chi connectivity index (χ0) is 24.3. The maximum Gasteiger partial charge on any atom is 0.506 e.